The van der Waals surface area contributed by atoms with Gasteiger partial charge in [0.05, 0.1) is 18.0 Å². The average Bonchev–Trinajstić information content (AvgIpc) is 2.21. The average molecular weight is 225 g/mol. The highest BCUT2D eigenvalue weighted by Crippen LogP contribution is 2.16. The third-order valence-electron chi connectivity index (χ3n) is 2.22. The molecule has 0 aromatic rings. The highest BCUT2D eigenvalue weighted by atomic mass is 16.1. The summed E-state index contributed by atoms with van der Waals surface area (Å²) in [7, 11) is 0. The van der Waals surface area contributed by atoms with Gasteiger partial charge in [0.25, 0.3) is 0 Å². The van der Waals surface area contributed by atoms with Gasteiger partial charge in [-0.05, 0) is 32.7 Å². The van der Waals surface area contributed by atoms with E-state index < -0.39 is 0 Å². The molecule has 0 aromatic carbocycles. The van der Waals surface area contributed by atoms with Crippen molar-refractivity contribution in [2.45, 2.75) is 34.1 Å². The fourth-order valence-electron chi connectivity index (χ4n) is 1.04. The number of nitrogens with one attached hydrogen (secondary N) is 2. The zero-order chi connectivity index (χ0) is 12.6. The van der Waals surface area contributed by atoms with Crippen molar-refractivity contribution in [2.24, 2.45) is 11.3 Å². The first-order chi connectivity index (χ1) is 7.37. The van der Waals surface area contributed by atoms with Crippen molar-refractivity contribution < 1.29 is 4.79 Å². The summed E-state index contributed by atoms with van der Waals surface area (Å²) in [6.07, 6.45) is 0.751. The summed E-state index contributed by atoms with van der Waals surface area (Å²) in [6.45, 7) is 9.64. The van der Waals surface area contributed by atoms with Gasteiger partial charge in [-0.2, -0.15) is 5.26 Å². The SMILES string of the molecule is CC(C)CNC(=O)CNCCC(C)(C)C#N. The molecule has 0 aromatic heterocycles. The standard InChI is InChI=1S/C12H23N3O/c1-10(2)7-15-11(16)8-14-6-5-12(3,4)9-13/h10,14H,5-8H2,1-4H3,(H,15,16). The van der Waals surface area contributed by atoms with Gasteiger partial charge in [0.15, 0.2) is 0 Å². The molecule has 0 unspecified atom stereocenters. The molecule has 0 radical (unpaired) electrons. The van der Waals surface area contributed by atoms with Crippen LogP contribution in [0.1, 0.15) is 34.1 Å². The molecule has 0 aliphatic carbocycles. The topological polar surface area (TPSA) is 64.9 Å². The Kier molecular flexibility index (Phi) is 6.75. The van der Waals surface area contributed by atoms with Crippen LogP contribution < -0.4 is 10.6 Å². The molecule has 16 heavy (non-hydrogen) atoms. The van der Waals surface area contributed by atoms with E-state index in [-0.39, 0.29) is 11.3 Å². The van der Waals surface area contributed by atoms with E-state index >= 15 is 0 Å². The largest absolute Gasteiger partial charge is 0.355 e. The van der Waals surface area contributed by atoms with E-state index in [9.17, 15) is 4.79 Å². The number of rotatable bonds is 7. The van der Waals surface area contributed by atoms with Crippen molar-refractivity contribution in [1.29, 1.82) is 5.26 Å². The first kappa shape index (κ1) is 14.9. The van der Waals surface area contributed by atoms with Crippen molar-refractivity contribution in [3.63, 3.8) is 0 Å². The third-order valence-corrected chi connectivity index (χ3v) is 2.22. The van der Waals surface area contributed by atoms with Crippen molar-refractivity contribution in [2.75, 3.05) is 19.6 Å². The Morgan fingerprint density at radius 1 is 1.44 bits per heavy atom. The summed E-state index contributed by atoms with van der Waals surface area (Å²) in [5.41, 5.74) is -0.318. The Balaban J connectivity index is 3.53. The molecule has 0 aliphatic heterocycles. The van der Waals surface area contributed by atoms with Crippen LogP contribution in [0.5, 0.6) is 0 Å². The molecule has 0 atom stereocenters. The monoisotopic (exact) mass is 225 g/mol. The van der Waals surface area contributed by atoms with E-state index in [1.807, 2.05) is 13.8 Å². The second kappa shape index (κ2) is 7.24. The van der Waals surface area contributed by atoms with Crippen molar-refractivity contribution in [1.82, 2.24) is 10.6 Å². The highest BCUT2D eigenvalue weighted by molar-refractivity contribution is 5.77. The van der Waals surface area contributed by atoms with E-state index in [1.54, 1.807) is 0 Å². The van der Waals surface area contributed by atoms with Crippen molar-refractivity contribution in [3.8, 4) is 6.07 Å². The Morgan fingerprint density at radius 3 is 2.56 bits per heavy atom. The minimum absolute atomic E-state index is 0.0171. The number of amides is 1. The summed E-state index contributed by atoms with van der Waals surface area (Å²) < 4.78 is 0. The van der Waals surface area contributed by atoms with Crippen LogP contribution in [0.2, 0.25) is 0 Å². The first-order valence-electron chi connectivity index (χ1n) is 5.76. The molecule has 1 amide bonds. The predicted octanol–water partition coefficient (Wildman–Crippen LogP) is 1.29. The molecule has 0 bridgehead atoms. The number of carbonyl (C=O) groups excluding carboxylic acids is 1. The van der Waals surface area contributed by atoms with Crippen LogP contribution in [0.3, 0.4) is 0 Å². The van der Waals surface area contributed by atoms with Gasteiger partial charge < -0.3 is 10.6 Å². The minimum atomic E-state index is -0.318. The normalized spacial score (nSPS) is 11.2. The number of hydrogen-bond donors (Lipinski definition) is 2. The Bertz CT molecular complexity index is 253. The second-order valence-electron chi connectivity index (χ2n) is 5.12. The van der Waals surface area contributed by atoms with E-state index in [2.05, 4.69) is 30.6 Å². The van der Waals surface area contributed by atoms with Crippen LogP contribution in [0.4, 0.5) is 0 Å². The van der Waals surface area contributed by atoms with E-state index in [0.717, 1.165) is 6.42 Å². The summed E-state index contributed by atoms with van der Waals surface area (Å²) in [5.74, 6) is 0.491. The maximum Gasteiger partial charge on any atom is 0.233 e. The highest BCUT2D eigenvalue weighted by Gasteiger charge is 2.15. The summed E-state index contributed by atoms with van der Waals surface area (Å²) in [4.78, 5) is 11.3. The molecule has 0 heterocycles. The fourth-order valence-corrected chi connectivity index (χ4v) is 1.04. The molecule has 4 heteroatoms. The smallest absolute Gasteiger partial charge is 0.233 e. The van der Waals surface area contributed by atoms with E-state index in [1.165, 1.54) is 0 Å². The van der Waals surface area contributed by atoms with Crippen LogP contribution in [-0.4, -0.2) is 25.5 Å². The summed E-state index contributed by atoms with van der Waals surface area (Å²) in [6, 6.07) is 2.23. The van der Waals surface area contributed by atoms with Gasteiger partial charge in [-0.15, -0.1) is 0 Å². The van der Waals surface area contributed by atoms with Gasteiger partial charge in [-0.1, -0.05) is 13.8 Å². The molecule has 0 rings (SSSR count). The van der Waals surface area contributed by atoms with Gasteiger partial charge in [-0.3, -0.25) is 4.79 Å². The Morgan fingerprint density at radius 2 is 2.06 bits per heavy atom. The number of nitriles is 1. The van der Waals surface area contributed by atoms with Gasteiger partial charge in [0.2, 0.25) is 5.91 Å². The van der Waals surface area contributed by atoms with Gasteiger partial charge in [0, 0.05) is 6.54 Å². The van der Waals surface area contributed by atoms with Gasteiger partial charge in [0.1, 0.15) is 0 Å². The molecular weight excluding hydrogens is 202 g/mol. The lowest BCUT2D eigenvalue weighted by Crippen LogP contribution is -2.36. The molecular formula is C12H23N3O. The summed E-state index contributed by atoms with van der Waals surface area (Å²) >= 11 is 0. The van der Waals surface area contributed by atoms with Crippen molar-refractivity contribution in [3.05, 3.63) is 0 Å². The van der Waals surface area contributed by atoms with Crippen LogP contribution in [0.25, 0.3) is 0 Å². The lowest BCUT2D eigenvalue weighted by molar-refractivity contribution is -0.120. The number of carbonyl (C=O) groups is 1. The molecule has 0 spiro atoms. The van der Waals surface area contributed by atoms with Crippen molar-refractivity contribution >= 4 is 5.91 Å². The molecule has 0 fully saturated rings. The predicted molar refractivity (Wildman–Crippen MR) is 64.7 cm³/mol. The number of hydrogen-bond acceptors (Lipinski definition) is 3. The number of nitrogens with zero attached hydrogens (tertiary/aromatic N) is 1. The maximum absolute atomic E-state index is 11.3. The van der Waals surface area contributed by atoms with E-state index in [4.69, 9.17) is 5.26 Å². The van der Waals surface area contributed by atoms with Crippen LogP contribution in [-0.2, 0) is 4.79 Å². The molecule has 4 nitrogen and oxygen atoms in total. The maximum atomic E-state index is 11.3. The Labute approximate surface area is 98.4 Å². The molecule has 0 aliphatic rings. The molecule has 0 saturated carbocycles. The fraction of sp³-hybridized carbons (Fsp3) is 0.833. The van der Waals surface area contributed by atoms with E-state index in [0.29, 0.717) is 25.6 Å². The van der Waals surface area contributed by atoms with Gasteiger partial charge >= 0.3 is 0 Å². The molecule has 2 N–H and O–H groups in total. The van der Waals surface area contributed by atoms with Crippen LogP contribution in [0, 0.1) is 22.7 Å². The first-order valence-corrected chi connectivity index (χ1v) is 5.76. The second-order valence-corrected chi connectivity index (χ2v) is 5.12. The van der Waals surface area contributed by atoms with Crippen LogP contribution in [0.15, 0.2) is 0 Å². The lowest BCUT2D eigenvalue weighted by Gasteiger charge is -2.15. The van der Waals surface area contributed by atoms with Crippen LogP contribution >= 0.6 is 0 Å². The molecule has 0 saturated heterocycles. The zero-order valence-corrected chi connectivity index (χ0v) is 10.8. The summed E-state index contributed by atoms with van der Waals surface area (Å²) in [5, 5.41) is 14.7. The van der Waals surface area contributed by atoms with Gasteiger partial charge in [-0.25, -0.2) is 0 Å². The quantitative estimate of drug-likeness (QED) is 0.642. The Hall–Kier alpha value is -1.08. The minimum Gasteiger partial charge on any atom is -0.355 e. The third kappa shape index (κ3) is 8.25. The lowest BCUT2D eigenvalue weighted by atomic mass is 9.91. The molecule has 92 valence electrons. The zero-order valence-electron chi connectivity index (χ0n) is 10.8.